The van der Waals surface area contributed by atoms with Crippen LogP contribution < -0.4 is 4.74 Å². The highest BCUT2D eigenvalue weighted by molar-refractivity contribution is 6.05. The molecule has 21 heavy (non-hydrogen) atoms. The maximum absolute atomic E-state index is 11.6. The fourth-order valence-electron chi connectivity index (χ4n) is 2.00. The first-order valence-electron chi connectivity index (χ1n) is 6.68. The Labute approximate surface area is 123 Å². The zero-order valence-electron chi connectivity index (χ0n) is 11.7. The van der Waals surface area contributed by atoms with Crippen molar-refractivity contribution in [2.24, 2.45) is 0 Å². The fourth-order valence-corrected chi connectivity index (χ4v) is 2.00. The van der Waals surface area contributed by atoms with Gasteiger partial charge in [0.05, 0.1) is 6.61 Å². The number of ketones is 1. The summed E-state index contributed by atoms with van der Waals surface area (Å²) in [4.78, 5) is 22.1. The van der Waals surface area contributed by atoms with Gasteiger partial charge in [-0.2, -0.15) is 0 Å². The van der Waals surface area contributed by atoms with Gasteiger partial charge in [0.2, 0.25) is 0 Å². The molecule has 0 heterocycles. The van der Waals surface area contributed by atoms with E-state index in [1.165, 1.54) is 0 Å². The summed E-state index contributed by atoms with van der Waals surface area (Å²) in [6, 6.07) is 14.6. The summed E-state index contributed by atoms with van der Waals surface area (Å²) >= 11 is 0. The third-order valence-corrected chi connectivity index (χ3v) is 3.02. The van der Waals surface area contributed by atoms with E-state index >= 15 is 0 Å². The molecule has 0 bridgehead atoms. The number of benzene rings is 2. The second-order valence-electron chi connectivity index (χ2n) is 4.53. The van der Waals surface area contributed by atoms with Crippen molar-refractivity contribution in [3.05, 3.63) is 54.1 Å². The van der Waals surface area contributed by atoms with Gasteiger partial charge in [-0.3, -0.25) is 9.59 Å². The quantitative estimate of drug-likeness (QED) is 0.652. The third-order valence-electron chi connectivity index (χ3n) is 3.02. The Morgan fingerprint density at radius 2 is 1.48 bits per heavy atom. The molecule has 0 spiro atoms. The number of carboxylic acids is 1. The van der Waals surface area contributed by atoms with Crippen LogP contribution in [-0.4, -0.2) is 23.5 Å². The van der Waals surface area contributed by atoms with E-state index in [-0.39, 0.29) is 5.78 Å². The lowest BCUT2D eigenvalue weighted by Gasteiger charge is -2.06. The van der Waals surface area contributed by atoms with Gasteiger partial charge in [0, 0.05) is 5.56 Å². The lowest BCUT2D eigenvalue weighted by Crippen LogP contribution is -2.06. The first kappa shape index (κ1) is 14.8. The Hall–Kier alpha value is -2.62. The van der Waals surface area contributed by atoms with Crippen LogP contribution in [0.3, 0.4) is 0 Å². The van der Waals surface area contributed by atoms with Gasteiger partial charge in [0.1, 0.15) is 12.2 Å². The van der Waals surface area contributed by atoms with Gasteiger partial charge in [0.15, 0.2) is 5.78 Å². The molecular formula is C17H16O4. The molecule has 108 valence electrons. The summed E-state index contributed by atoms with van der Waals surface area (Å²) in [5, 5.41) is 8.61. The van der Waals surface area contributed by atoms with Gasteiger partial charge in [-0.1, -0.05) is 36.4 Å². The molecule has 0 aliphatic heterocycles. The van der Waals surface area contributed by atoms with Gasteiger partial charge in [-0.05, 0) is 30.2 Å². The third kappa shape index (κ3) is 3.92. The molecule has 2 aromatic carbocycles. The van der Waals surface area contributed by atoms with Gasteiger partial charge in [-0.15, -0.1) is 0 Å². The molecule has 0 saturated carbocycles. The minimum Gasteiger partial charge on any atom is -0.494 e. The Balaban J connectivity index is 2.14. The van der Waals surface area contributed by atoms with Crippen molar-refractivity contribution in [3.8, 4) is 16.9 Å². The molecule has 0 aliphatic rings. The van der Waals surface area contributed by atoms with Crippen LogP contribution in [0.1, 0.15) is 23.7 Å². The van der Waals surface area contributed by atoms with Crippen molar-refractivity contribution in [3.63, 3.8) is 0 Å². The van der Waals surface area contributed by atoms with E-state index < -0.39 is 12.4 Å². The van der Waals surface area contributed by atoms with E-state index in [2.05, 4.69) is 0 Å². The molecule has 0 aliphatic carbocycles. The zero-order chi connectivity index (χ0) is 15.2. The van der Waals surface area contributed by atoms with Crippen molar-refractivity contribution in [2.75, 3.05) is 6.61 Å². The highest BCUT2D eigenvalue weighted by atomic mass is 16.5. The van der Waals surface area contributed by atoms with Crippen molar-refractivity contribution >= 4 is 11.8 Å². The monoisotopic (exact) mass is 284 g/mol. The highest BCUT2D eigenvalue weighted by Gasteiger charge is 2.10. The van der Waals surface area contributed by atoms with Crippen LogP contribution in [0, 0.1) is 0 Å². The fraction of sp³-hybridized carbons (Fsp3) is 0.176. The maximum Gasteiger partial charge on any atom is 0.311 e. The van der Waals surface area contributed by atoms with Gasteiger partial charge in [-0.25, -0.2) is 0 Å². The highest BCUT2D eigenvalue weighted by Crippen LogP contribution is 2.23. The maximum atomic E-state index is 11.6. The van der Waals surface area contributed by atoms with Gasteiger partial charge < -0.3 is 9.84 Å². The normalized spacial score (nSPS) is 10.1. The van der Waals surface area contributed by atoms with Crippen molar-refractivity contribution in [1.29, 1.82) is 0 Å². The van der Waals surface area contributed by atoms with Crippen LogP contribution in [0.2, 0.25) is 0 Å². The SMILES string of the molecule is CCOc1ccc(-c2ccc(C(=O)CC(=O)O)cc2)cc1. The van der Waals surface area contributed by atoms with Crippen LogP contribution in [0.25, 0.3) is 11.1 Å². The molecule has 0 radical (unpaired) electrons. The molecule has 0 fully saturated rings. The number of Topliss-reactive ketones (excluding diaryl/α,β-unsaturated/α-hetero) is 1. The second kappa shape index (κ2) is 6.70. The first-order valence-corrected chi connectivity index (χ1v) is 6.68. The van der Waals surface area contributed by atoms with Crippen LogP contribution >= 0.6 is 0 Å². The first-order chi connectivity index (χ1) is 10.1. The predicted octanol–water partition coefficient (Wildman–Crippen LogP) is 3.41. The van der Waals surface area contributed by atoms with E-state index in [0.29, 0.717) is 12.2 Å². The summed E-state index contributed by atoms with van der Waals surface area (Å²) in [5.41, 5.74) is 2.38. The molecule has 4 nitrogen and oxygen atoms in total. The minimum atomic E-state index is -1.12. The van der Waals surface area contributed by atoms with E-state index in [0.717, 1.165) is 16.9 Å². The number of hydrogen-bond donors (Lipinski definition) is 1. The molecular weight excluding hydrogens is 268 g/mol. The Morgan fingerprint density at radius 3 is 1.95 bits per heavy atom. The summed E-state index contributed by atoms with van der Waals surface area (Å²) < 4.78 is 5.38. The smallest absolute Gasteiger partial charge is 0.311 e. The lowest BCUT2D eigenvalue weighted by atomic mass is 10.0. The molecule has 0 aromatic heterocycles. The molecule has 0 amide bonds. The summed E-state index contributed by atoms with van der Waals surface area (Å²) in [6.45, 7) is 2.56. The molecule has 0 atom stereocenters. The van der Waals surface area contributed by atoms with E-state index in [1.54, 1.807) is 12.1 Å². The Morgan fingerprint density at radius 1 is 0.952 bits per heavy atom. The number of carbonyl (C=O) groups excluding carboxylic acids is 1. The summed E-state index contributed by atoms with van der Waals surface area (Å²) in [5.74, 6) is -0.689. The van der Waals surface area contributed by atoms with E-state index in [4.69, 9.17) is 9.84 Å². The Kier molecular flexibility index (Phi) is 4.72. The molecule has 2 rings (SSSR count). The Bertz CT molecular complexity index is 627. The number of carboxylic acid groups (broad SMARTS) is 1. The largest absolute Gasteiger partial charge is 0.494 e. The average Bonchev–Trinajstić information content (AvgIpc) is 2.48. The topological polar surface area (TPSA) is 63.6 Å². The van der Waals surface area contributed by atoms with Gasteiger partial charge in [0.25, 0.3) is 0 Å². The second-order valence-corrected chi connectivity index (χ2v) is 4.53. The number of rotatable bonds is 6. The number of hydrogen-bond acceptors (Lipinski definition) is 3. The van der Waals surface area contributed by atoms with E-state index in [9.17, 15) is 9.59 Å². The van der Waals surface area contributed by atoms with E-state index in [1.807, 2.05) is 43.3 Å². The molecule has 1 N–H and O–H groups in total. The van der Waals surface area contributed by atoms with Gasteiger partial charge >= 0.3 is 5.97 Å². The van der Waals surface area contributed by atoms with Crippen LogP contribution in [0.15, 0.2) is 48.5 Å². The summed E-state index contributed by atoms with van der Waals surface area (Å²) in [6.07, 6.45) is -0.484. The van der Waals surface area contributed by atoms with Crippen molar-refractivity contribution in [2.45, 2.75) is 13.3 Å². The van der Waals surface area contributed by atoms with Crippen molar-refractivity contribution < 1.29 is 19.4 Å². The molecule has 2 aromatic rings. The average molecular weight is 284 g/mol. The van der Waals surface area contributed by atoms with Crippen LogP contribution in [0.5, 0.6) is 5.75 Å². The number of ether oxygens (including phenoxy) is 1. The zero-order valence-corrected chi connectivity index (χ0v) is 11.7. The van der Waals surface area contributed by atoms with Crippen molar-refractivity contribution in [1.82, 2.24) is 0 Å². The molecule has 4 heteroatoms. The number of aliphatic carboxylic acids is 1. The lowest BCUT2D eigenvalue weighted by molar-refractivity contribution is -0.135. The molecule has 0 saturated heterocycles. The van der Waals surface area contributed by atoms with Crippen LogP contribution in [-0.2, 0) is 4.79 Å². The van der Waals surface area contributed by atoms with Crippen LogP contribution in [0.4, 0.5) is 0 Å². The predicted molar refractivity (Wildman–Crippen MR) is 79.6 cm³/mol. The number of carbonyl (C=O) groups is 2. The summed E-state index contributed by atoms with van der Waals surface area (Å²) in [7, 11) is 0. The minimum absolute atomic E-state index is 0.388. The molecule has 0 unspecified atom stereocenters. The standard InChI is InChI=1S/C17H16O4/c1-2-21-15-9-7-13(8-10-15)12-3-5-14(6-4-12)16(18)11-17(19)20/h3-10H,2,11H2,1H3,(H,19,20).